The van der Waals surface area contributed by atoms with E-state index < -0.39 is 5.41 Å². The third kappa shape index (κ3) is 6.60. The Morgan fingerprint density at radius 3 is 1.89 bits per heavy atom. The topological polar surface area (TPSA) is 27.7 Å². The maximum Gasteiger partial charge on any atom is 0.213 e. The molecule has 0 spiro atoms. The standard InChI is InChI=1S/C43H55N2/c1-29-32-15-13-14-16-33(32)36(40(5,6)7)21-34(29)38-22-35(31-19-17-30(18-20-31)23-39(2,3)4)37(24-45(38)12)43(28-44)26-41(8,9)25-42(10,11)27-43/h13-22,24H,23,25-27H2,1-12H3/q+1. The van der Waals surface area contributed by atoms with Gasteiger partial charge < -0.3 is 0 Å². The van der Waals surface area contributed by atoms with Crippen molar-refractivity contribution in [2.45, 2.75) is 113 Å². The Kier molecular flexibility index (Phi) is 8.14. The first-order valence-corrected chi connectivity index (χ1v) is 16.8. The lowest BCUT2D eigenvalue weighted by Gasteiger charge is -2.49. The first-order valence-electron chi connectivity index (χ1n) is 16.8. The van der Waals surface area contributed by atoms with E-state index in [2.05, 4.69) is 161 Å². The third-order valence-electron chi connectivity index (χ3n) is 9.92. The summed E-state index contributed by atoms with van der Waals surface area (Å²) < 4.78 is 2.30. The van der Waals surface area contributed by atoms with Gasteiger partial charge in [0.15, 0.2) is 6.20 Å². The van der Waals surface area contributed by atoms with Crippen LogP contribution < -0.4 is 4.57 Å². The molecule has 1 aromatic heterocycles. The number of hydrogen-bond acceptors (Lipinski definition) is 1. The van der Waals surface area contributed by atoms with E-state index in [0.717, 1.165) is 31.2 Å². The molecule has 0 atom stereocenters. The molecule has 0 N–H and O–H groups in total. The van der Waals surface area contributed by atoms with Crippen molar-refractivity contribution in [3.63, 3.8) is 0 Å². The fourth-order valence-corrected chi connectivity index (χ4v) is 8.81. The average Bonchev–Trinajstić information content (AvgIpc) is 2.91. The molecule has 2 heteroatoms. The minimum atomic E-state index is -0.573. The van der Waals surface area contributed by atoms with E-state index in [1.165, 1.54) is 49.8 Å². The molecule has 1 saturated carbocycles. The highest BCUT2D eigenvalue weighted by atomic mass is 14.9. The van der Waals surface area contributed by atoms with Crippen molar-refractivity contribution in [1.82, 2.24) is 0 Å². The van der Waals surface area contributed by atoms with Gasteiger partial charge >= 0.3 is 0 Å². The maximum atomic E-state index is 11.1. The van der Waals surface area contributed by atoms with Crippen LogP contribution in [-0.2, 0) is 24.3 Å². The van der Waals surface area contributed by atoms with E-state index in [1.807, 2.05) is 0 Å². The highest BCUT2D eigenvalue weighted by Crippen LogP contribution is 2.56. The van der Waals surface area contributed by atoms with Gasteiger partial charge in [0.2, 0.25) is 5.69 Å². The minimum Gasteiger partial charge on any atom is -0.201 e. The van der Waals surface area contributed by atoms with E-state index in [-0.39, 0.29) is 21.7 Å². The van der Waals surface area contributed by atoms with Crippen LogP contribution in [0.25, 0.3) is 33.2 Å². The lowest BCUT2D eigenvalue weighted by Crippen LogP contribution is -2.45. The Balaban J connectivity index is 1.81. The summed E-state index contributed by atoms with van der Waals surface area (Å²) in [4.78, 5) is 0. The molecular formula is C43H55N2+. The third-order valence-corrected chi connectivity index (χ3v) is 9.92. The predicted octanol–water partition coefficient (Wildman–Crippen LogP) is 11.2. The molecular weight excluding hydrogens is 544 g/mol. The lowest BCUT2D eigenvalue weighted by molar-refractivity contribution is -0.660. The number of nitriles is 1. The number of pyridine rings is 1. The molecule has 0 saturated heterocycles. The van der Waals surface area contributed by atoms with Crippen molar-refractivity contribution in [2.75, 3.05) is 0 Å². The summed E-state index contributed by atoms with van der Waals surface area (Å²) in [5, 5.41) is 13.7. The number of aryl methyl sites for hydroxylation is 2. The Labute approximate surface area is 273 Å². The molecule has 4 aromatic rings. The molecule has 3 aromatic carbocycles. The molecule has 236 valence electrons. The van der Waals surface area contributed by atoms with Gasteiger partial charge in [0.25, 0.3) is 0 Å². The number of nitrogens with zero attached hydrogens (tertiary/aromatic N) is 2. The summed E-state index contributed by atoms with van der Waals surface area (Å²) in [6.07, 6.45) is 6.18. The van der Waals surface area contributed by atoms with Crippen LogP contribution in [0.4, 0.5) is 0 Å². The lowest BCUT2D eigenvalue weighted by atomic mass is 9.53. The van der Waals surface area contributed by atoms with Gasteiger partial charge in [-0.05, 0) is 98.9 Å². The zero-order valence-electron chi connectivity index (χ0n) is 30.1. The molecule has 2 nitrogen and oxygen atoms in total. The molecule has 0 unspecified atom stereocenters. The van der Waals surface area contributed by atoms with Crippen LogP contribution in [0.2, 0.25) is 0 Å². The second-order valence-corrected chi connectivity index (χ2v) is 18.0. The van der Waals surface area contributed by atoms with Crippen molar-refractivity contribution in [2.24, 2.45) is 23.3 Å². The van der Waals surface area contributed by atoms with Gasteiger partial charge in [0.05, 0.1) is 11.5 Å². The Hall–Kier alpha value is -3.44. The Morgan fingerprint density at radius 1 is 0.778 bits per heavy atom. The summed E-state index contributed by atoms with van der Waals surface area (Å²) in [5.74, 6) is 0. The van der Waals surface area contributed by atoms with Gasteiger partial charge in [0.1, 0.15) is 7.05 Å². The molecule has 1 heterocycles. The average molecular weight is 600 g/mol. The summed E-state index contributed by atoms with van der Waals surface area (Å²) in [5.41, 5.74) is 9.77. The number of aromatic nitrogens is 1. The van der Waals surface area contributed by atoms with Gasteiger partial charge in [-0.15, -0.1) is 0 Å². The van der Waals surface area contributed by atoms with E-state index >= 15 is 0 Å². The molecule has 45 heavy (non-hydrogen) atoms. The first-order chi connectivity index (χ1) is 20.7. The van der Waals surface area contributed by atoms with E-state index in [0.29, 0.717) is 0 Å². The number of hydrogen-bond donors (Lipinski definition) is 0. The van der Waals surface area contributed by atoms with Gasteiger partial charge in [0, 0.05) is 17.2 Å². The molecule has 1 fully saturated rings. The van der Waals surface area contributed by atoms with Crippen LogP contribution >= 0.6 is 0 Å². The van der Waals surface area contributed by atoms with E-state index in [1.54, 1.807) is 0 Å². The van der Waals surface area contributed by atoms with E-state index in [9.17, 15) is 5.26 Å². The van der Waals surface area contributed by atoms with Crippen molar-refractivity contribution < 1.29 is 4.57 Å². The molecule has 5 rings (SSSR count). The SMILES string of the molecule is Cc1c(-c2cc(-c3ccc(CC(C)(C)C)cc3)c(C3(C#N)CC(C)(C)CC(C)(C)C3)c[n+]2C)cc(C(C)(C)C)c2ccccc12. The molecule has 0 radical (unpaired) electrons. The van der Waals surface area contributed by atoms with Crippen LogP contribution in [-0.4, -0.2) is 0 Å². The second kappa shape index (κ2) is 11.1. The number of rotatable bonds is 4. The maximum absolute atomic E-state index is 11.1. The minimum absolute atomic E-state index is 0.00356. The summed E-state index contributed by atoms with van der Waals surface area (Å²) in [6.45, 7) is 25.5. The fraction of sp³-hybridized carbons (Fsp3) is 0.488. The highest BCUT2D eigenvalue weighted by Gasteiger charge is 2.50. The van der Waals surface area contributed by atoms with Crippen LogP contribution in [0, 0.1) is 34.5 Å². The predicted molar refractivity (Wildman–Crippen MR) is 191 cm³/mol. The highest BCUT2D eigenvalue weighted by molar-refractivity contribution is 5.94. The van der Waals surface area contributed by atoms with Gasteiger partial charge in [-0.2, -0.15) is 5.26 Å². The fourth-order valence-electron chi connectivity index (χ4n) is 8.81. The van der Waals surface area contributed by atoms with Gasteiger partial charge in [-0.1, -0.05) is 118 Å². The zero-order chi connectivity index (χ0) is 33.2. The van der Waals surface area contributed by atoms with E-state index in [4.69, 9.17) is 0 Å². The summed E-state index contributed by atoms with van der Waals surface area (Å²) in [6, 6.07) is 25.8. The van der Waals surface area contributed by atoms with Crippen molar-refractivity contribution in [3.8, 4) is 28.5 Å². The normalized spacial score (nSPS) is 17.7. The van der Waals surface area contributed by atoms with Crippen LogP contribution in [0.3, 0.4) is 0 Å². The molecule has 1 aliphatic carbocycles. The quantitative estimate of drug-likeness (QED) is 0.214. The Morgan fingerprint density at radius 2 is 1.36 bits per heavy atom. The molecule has 0 amide bonds. The van der Waals surface area contributed by atoms with Crippen LogP contribution in [0.15, 0.2) is 66.9 Å². The molecule has 0 bridgehead atoms. The van der Waals surface area contributed by atoms with Crippen molar-refractivity contribution >= 4 is 10.8 Å². The smallest absolute Gasteiger partial charge is 0.201 e. The van der Waals surface area contributed by atoms with Crippen molar-refractivity contribution in [3.05, 3.63) is 89.1 Å². The second-order valence-electron chi connectivity index (χ2n) is 18.0. The first kappa shape index (κ1) is 32.9. The summed E-state index contributed by atoms with van der Waals surface area (Å²) >= 11 is 0. The number of fused-ring (bicyclic) bond motifs is 1. The van der Waals surface area contributed by atoms with Crippen LogP contribution in [0.1, 0.15) is 111 Å². The summed E-state index contributed by atoms with van der Waals surface area (Å²) in [7, 11) is 2.17. The monoisotopic (exact) mass is 599 g/mol. The Bertz CT molecular complexity index is 1760. The molecule has 1 aliphatic rings. The zero-order valence-corrected chi connectivity index (χ0v) is 30.1. The number of benzene rings is 3. The van der Waals surface area contributed by atoms with Crippen molar-refractivity contribution in [1.29, 1.82) is 5.26 Å². The van der Waals surface area contributed by atoms with Gasteiger partial charge in [-0.25, -0.2) is 4.57 Å². The molecule has 0 aliphatic heterocycles. The largest absolute Gasteiger partial charge is 0.213 e. The van der Waals surface area contributed by atoms with Gasteiger partial charge in [-0.3, -0.25) is 0 Å². The van der Waals surface area contributed by atoms with Crippen LogP contribution in [0.5, 0.6) is 0 Å².